The summed E-state index contributed by atoms with van der Waals surface area (Å²) in [5.41, 5.74) is 3.78. The number of aryl methyl sites for hydroxylation is 1. The third-order valence-electron chi connectivity index (χ3n) is 5.68. The Hall–Kier alpha value is -2.40. The summed E-state index contributed by atoms with van der Waals surface area (Å²) in [6.07, 6.45) is 11.7. The van der Waals surface area contributed by atoms with Gasteiger partial charge >= 0.3 is 5.76 Å². The second-order valence-corrected chi connectivity index (χ2v) is 10.2. The molecule has 1 aromatic carbocycles. The fourth-order valence-corrected chi connectivity index (χ4v) is 4.99. The van der Waals surface area contributed by atoms with Gasteiger partial charge < -0.3 is 14.9 Å². The Morgan fingerprint density at radius 3 is 2.69 bits per heavy atom. The Morgan fingerprint density at radius 1 is 1.22 bits per heavy atom. The Morgan fingerprint density at radius 2 is 2.03 bits per heavy atom. The molecule has 1 aliphatic heterocycles. The predicted octanol–water partition coefficient (Wildman–Crippen LogP) is 6.52. The normalized spacial score (nSPS) is 14.4. The first-order valence-corrected chi connectivity index (χ1v) is 13.8. The minimum absolute atomic E-state index is 0.228. The highest BCUT2D eigenvalue weighted by Crippen LogP contribution is 2.25. The Labute approximate surface area is 220 Å². The molecule has 1 saturated heterocycles. The van der Waals surface area contributed by atoms with Crippen molar-refractivity contribution in [2.45, 2.75) is 44.4 Å². The van der Waals surface area contributed by atoms with Crippen LogP contribution in [-0.4, -0.2) is 52.3 Å². The molecule has 194 valence electrons. The van der Waals surface area contributed by atoms with Gasteiger partial charge in [-0.25, -0.2) is 9.97 Å². The number of hydrogen-bond donors (Lipinski definition) is 2. The van der Waals surface area contributed by atoms with Crippen molar-refractivity contribution in [2.24, 2.45) is 0 Å². The van der Waals surface area contributed by atoms with Gasteiger partial charge in [-0.1, -0.05) is 32.1 Å². The Kier molecular flexibility index (Phi) is 11.7. The lowest BCUT2D eigenvalue weighted by molar-refractivity contribution is 0.252. The van der Waals surface area contributed by atoms with Crippen molar-refractivity contribution in [3.05, 3.63) is 65.7 Å². The summed E-state index contributed by atoms with van der Waals surface area (Å²) in [6.45, 7) is 9.09. The van der Waals surface area contributed by atoms with Gasteiger partial charge in [-0.2, -0.15) is 8.78 Å². The predicted molar refractivity (Wildman–Crippen MR) is 148 cm³/mol. The van der Waals surface area contributed by atoms with Gasteiger partial charge in [0.2, 0.25) is 0 Å². The molecule has 3 aromatic rings. The molecule has 2 N–H and O–H groups in total. The molecule has 0 saturated carbocycles. The molecule has 10 heteroatoms. The molecule has 0 spiro atoms. The maximum absolute atomic E-state index is 12.2. The summed E-state index contributed by atoms with van der Waals surface area (Å²) in [5.74, 6) is -2.41. The first-order chi connectivity index (χ1) is 17.5. The van der Waals surface area contributed by atoms with Crippen molar-refractivity contribution >= 4 is 35.0 Å². The number of likely N-dealkylation sites (tertiary alicyclic amines) is 1. The summed E-state index contributed by atoms with van der Waals surface area (Å²) >= 11 is 2.01. The zero-order valence-corrected chi connectivity index (χ0v) is 22.4. The molecule has 36 heavy (non-hydrogen) atoms. The summed E-state index contributed by atoms with van der Waals surface area (Å²) in [6, 6.07) is 7.91. The van der Waals surface area contributed by atoms with E-state index in [-0.39, 0.29) is 6.04 Å². The highest BCUT2D eigenvalue weighted by molar-refractivity contribution is 8.00. The number of nitrogens with one attached hydrogen (secondary N) is 2. The van der Waals surface area contributed by atoms with Crippen LogP contribution < -0.4 is 10.0 Å². The maximum Gasteiger partial charge on any atom is 0.302 e. The lowest BCUT2D eigenvalue weighted by atomic mass is 10.1. The van der Waals surface area contributed by atoms with Gasteiger partial charge in [0, 0.05) is 42.6 Å². The van der Waals surface area contributed by atoms with Gasteiger partial charge in [-0.05, 0) is 63.2 Å². The zero-order chi connectivity index (χ0) is 25.8. The molecule has 6 nitrogen and oxygen atoms in total. The van der Waals surface area contributed by atoms with E-state index in [2.05, 4.69) is 43.4 Å². The lowest BCUT2D eigenvalue weighted by Gasteiger charge is -2.24. The minimum atomic E-state index is -2.41. The van der Waals surface area contributed by atoms with Crippen molar-refractivity contribution in [3.63, 3.8) is 0 Å². The van der Waals surface area contributed by atoms with Crippen molar-refractivity contribution in [1.29, 1.82) is 0 Å². The topological polar surface area (TPSA) is 66.0 Å². The Balaban J connectivity index is 0.000000205. The molecule has 3 heterocycles. The van der Waals surface area contributed by atoms with Crippen LogP contribution in [0.5, 0.6) is 0 Å². The van der Waals surface area contributed by atoms with Crippen LogP contribution in [0.25, 0.3) is 16.6 Å². The number of alkyl halides is 2. The van der Waals surface area contributed by atoms with Crippen LogP contribution in [0.15, 0.2) is 49.4 Å². The Bertz CT molecular complexity index is 1070. The molecular weight excluding hydrogens is 498 g/mol. The maximum atomic E-state index is 12.2. The quantitative estimate of drug-likeness (QED) is 0.273. The molecule has 1 aliphatic rings. The first-order valence-electron chi connectivity index (χ1n) is 12.1. The van der Waals surface area contributed by atoms with E-state index < -0.39 is 5.76 Å². The van der Waals surface area contributed by atoms with E-state index in [4.69, 9.17) is 0 Å². The van der Waals surface area contributed by atoms with Gasteiger partial charge in [0.25, 0.3) is 0 Å². The van der Waals surface area contributed by atoms with Crippen LogP contribution >= 0.6 is 23.3 Å². The average molecular weight is 533 g/mol. The summed E-state index contributed by atoms with van der Waals surface area (Å²) < 4.78 is 27.1. The summed E-state index contributed by atoms with van der Waals surface area (Å²) in [4.78, 5) is 16.5. The number of halogens is 2. The van der Waals surface area contributed by atoms with Crippen LogP contribution in [-0.2, 0) is 6.42 Å². The fourth-order valence-electron chi connectivity index (χ4n) is 3.92. The van der Waals surface area contributed by atoms with E-state index in [0.29, 0.717) is 11.9 Å². The van der Waals surface area contributed by atoms with Crippen LogP contribution in [0, 0.1) is 0 Å². The van der Waals surface area contributed by atoms with Crippen molar-refractivity contribution in [1.82, 2.24) is 25.2 Å². The van der Waals surface area contributed by atoms with Crippen LogP contribution in [0.2, 0.25) is 0 Å². The molecular formula is C26H34F2N6S2. The van der Waals surface area contributed by atoms with Crippen molar-refractivity contribution < 1.29 is 8.78 Å². The molecule has 0 radical (unpaired) electrons. The largest absolute Gasteiger partial charge is 0.325 e. The van der Waals surface area contributed by atoms with Crippen molar-refractivity contribution in [2.75, 3.05) is 31.4 Å². The summed E-state index contributed by atoms with van der Waals surface area (Å²) in [7, 11) is 1.94. The molecule has 2 aromatic heterocycles. The highest BCUT2D eigenvalue weighted by atomic mass is 32.2. The minimum Gasteiger partial charge on any atom is -0.325 e. The van der Waals surface area contributed by atoms with E-state index in [9.17, 15) is 8.78 Å². The van der Waals surface area contributed by atoms with E-state index in [0.717, 1.165) is 65.0 Å². The molecule has 1 unspecified atom stereocenters. The third kappa shape index (κ3) is 8.92. The first kappa shape index (κ1) is 28.2. The monoisotopic (exact) mass is 532 g/mol. The number of anilines is 1. The molecule has 0 amide bonds. The van der Waals surface area contributed by atoms with Crippen LogP contribution in [0.4, 0.5) is 14.5 Å². The third-order valence-corrected chi connectivity index (χ3v) is 7.23. The number of aromatic nitrogens is 3. The van der Waals surface area contributed by atoms with Gasteiger partial charge in [0.1, 0.15) is 10.7 Å². The number of hydrogen-bond acceptors (Lipinski definition) is 8. The number of benzene rings is 1. The number of rotatable bonds is 11. The van der Waals surface area contributed by atoms with Gasteiger partial charge in [0.15, 0.2) is 0 Å². The molecule has 0 bridgehead atoms. The standard InChI is InChI=1S/C14H21F2N3S.C12H13N3S/c1-17-13(10-19-7-2-3-8-19)11-5-4-6-12(9-11)18-20-14(15)16;1-3-5-9-6-13-7-10(15-9)11-8-14-12(4-2)16-11/h4-6,9,13-14,17-18H,2-3,7-8,10H2,1H3;4,6-8H,2-3,5H2,1H3. The number of nitrogens with zero attached hydrogens (tertiary/aromatic N) is 4. The van der Waals surface area contributed by atoms with E-state index in [1.807, 2.05) is 37.6 Å². The molecule has 0 aliphatic carbocycles. The number of thiazole rings is 1. The number of likely N-dealkylation sites (N-methyl/N-ethyl adjacent to an activating group) is 1. The van der Waals surface area contributed by atoms with E-state index in [1.54, 1.807) is 29.7 Å². The molecule has 4 rings (SSSR count). The smallest absolute Gasteiger partial charge is 0.302 e. The fraction of sp³-hybridized carbons (Fsp3) is 0.423. The SMILES string of the molecule is C=Cc1ncc(-c2cncc(CCC)n2)s1.CNC(CN1CCCC1)c1cccc(NSC(F)F)c1. The lowest BCUT2D eigenvalue weighted by Crippen LogP contribution is -2.31. The van der Waals surface area contributed by atoms with Gasteiger partial charge in [-0.15, -0.1) is 11.3 Å². The van der Waals surface area contributed by atoms with E-state index >= 15 is 0 Å². The molecule has 1 fully saturated rings. The second kappa shape index (κ2) is 15.0. The van der Waals surface area contributed by atoms with Crippen LogP contribution in [0.1, 0.15) is 48.5 Å². The zero-order valence-electron chi connectivity index (χ0n) is 20.8. The summed E-state index contributed by atoms with van der Waals surface area (Å²) in [5, 5.41) is 4.23. The van der Waals surface area contributed by atoms with Gasteiger partial charge in [-0.3, -0.25) is 4.98 Å². The van der Waals surface area contributed by atoms with Crippen molar-refractivity contribution in [3.8, 4) is 10.6 Å². The highest BCUT2D eigenvalue weighted by Gasteiger charge is 2.18. The second-order valence-electron chi connectivity index (χ2n) is 8.37. The van der Waals surface area contributed by atoms with E-state index in [1.165, 1.54) is 12.8 Å². The van der Waals surface area contributed by atoms with Crippen LogP contribution in [0.3, 0.4) is 0 Å². The molecule has 1 atom stereocenters. The average Bonchev–Trinajstić information content (AvgIpc) is 3.59. The van der Waals surface area contributed by atoms with Gasteiger partial charge in [0.05, 0.1) is 16.8 Å².